The molecule has 2 unspecified atom stereocenters. The lowest BCUT2D eigenvalue weighted by molar-refractivity contribution is -0.117. The summed E-state index contributed by atoms with van der Waals surface area (Å²) >= 11 is 0. The van der Waals surface area contributed by atoms with Crippen molar-refractivity contribution in [3.8, 4) is 0 Å². The van der Waals surface area contributed by atoms with E-state index in [0.717, 1.165) is 12.0 Å². The first kappa shape index (κ1) is 21.0. The number of nitrogens with one attached hydrogen (secondary N) is 3. The first-order valence-electron chi connectivity index (χ1n) is 9.52. The summed E-state index contributed by atoms with van der Waals surface area (Å²) in [5, 5.41) is 5.50. The van der Waals surface area contributed by atoms with E-state index in [1.165, 1.54) is 0 Å². The molecule has 7 nitrogen and oxygen atoms in total. The molecule has 3 N–H and O–H groups in total. The monoisotopic (exact) mass is 415 g/mol. The fourth-order valence-electron chi connectivity index (χ4n) is 2.92. The third kappa shape index (κ3) is 5.65. The molecule has 1 aliphatic carbocycles. The topological polar surface area (TPSA) is 104 Å². The van der Waals surface area contributed by atoms with Gasteiger partial charge in [0.05, 0.1) is 4.90 Å². The molecule has 2 atom stereocenters. The number of carbonyl (C=O) groups is 2. The van der Waals surface area contributed by atoms with Crippen molar-refractivity contribution >= 4 is 27.5 Å². The fourth-order valence-corrected chi connectivity index (χ4v) is 3.96. The average molecular weight is 416 g/mol. The number of carbonyl (C=O) groups excluding carboxylic acids is 2. The molecular formula is C21H25N3O4S. The van der Waals surface area contributed by atoms with Crippen molar-refractivity contribution in [3.05, 3.63) is 59.7 Å². The number of amides is 2. The fraction of sp³-hybridized carbons (Fsp3) is 0.333. The Morgan fingerprint density at radius 1 is 1.07 bits per heavy atom. The Hall–Kier alpha value is -2.71. The van der Waals surface area contributed by atoms with E-state index in [0.29, 0.717) is 17.2 Å². The summed E-state index contributed by atoms with van der Waals surface area (Å²) in [6.07, 6.45) is 0.893. The summed E-state index contributed by atoms with van der Waals surface area (Å²) < 4.78 is 26.9. The molecule has 0 spiro atoms. The molecule has 29 heavy (non-hydrogen) atoms. The van der Waals surface area contributed by atoms with Crippen LogP contribution in [0.4, 0.5) is 5.69 Å². The van der Waals surface area contributed by atoms with Crippen LogP contribution in [0.15, 0.2) is 53.4 Å². The second-order valence-corrected chi connectivity index (χ2v) is 9.12. The molecule has 154 valence electrons. The molecule has 0 radical (unpaired) electrons. The molecule has 1 aliphatic rings. The molecule has 3 rings (SSSR count). The van der Waals surface area contributed by atoms with Crippen LogP contribution in [0.5, 0.6) is 0 Å². The lowest BCUT2D eigenvalue weighted by Gasteiger charge is -2.10. The SMILES string of the molecule is Cc1ccc(S(=O)(=O)NCCNC(=O)c2cccc(NC(=O)C3CC3C)c2)cc1. The summed E-state index contributed by atoms with van der Waals surface area (Å²) in [5.74, 6) is 0.0928. The van der Waals surface area contributed by atoms with E-state index in [1.54, 1.807) is 48.5 Å². The number of hydrogen-bond donors (Lipinski definition) is 3. The molecule has 1 saturated carbocycles. The lowest BCUT2D eigenvalue weighted by atomic mass is 10.2. The zero-order valence-corrected chi connectivity index (χ0v) is 17.3. The predicted octanol–water partition coefficient (Wildman–Crippen LogP) is 2.30. The molecule has 2 aromatic carbocycles. The van der Waals surface area contributed by atoms with Crippen LogP contribution in [0.1, 0.15) is 29.3 Å². The van der Waals surface area contributed by atoms with E-state index in [-0.39, 0.29) is 35.7 Å². The second-order valence-electron chi connectivity index (χ2n) is 7.36. The van der Waals surface area contributed by atoms with Gasteiger partial charge in [0.15, 0.2) is 0 Å². The van der Waals surface area contributed by atoms with Gasteiger partial charge in [0.25, 0.3) is 5.91 Å². The van der Waals surface area contributed by atoms with E-state index >= 15 is 0 Å². The van der Waals surface area contributed by atoms with Gasteiger partial charge in [0.2, 0.25) is 15.9 Å². The van der Waals surface area contributed by atoms with Gasteiger partial charge in [0.1, 0.15) is 0 Å². The molecule has 0 bridgehead atoms. The molecule has 2 amide bonds. The van der Waals surface area contributed by atoms with Crippen molar-refractivity contribution in [2.24, 2.45) is 11.8 Å². The zero-order valence-electron chi connectivity index (χ0n) is 16.4. The maximum atomic E-state index is 12.3. The third-order valence-electron chi connectivity index (χ3n) is 4.87. The number of rotatable bonds is 8. The molecule has 8 heteroatoms. The quantitative estimate of drug-likeness (QED) is 0.576. The van der Waals surface area contributed by atoms with E-state index in [1.807, 2.05) is 13.8 Å². The van der Waals surface area contributed by atoms with Crippen LogP contribution in [0, 0.1) is 18.8 Å². The number of hydrogen-bond acceptors (Lipinski definition) is 4. The first-order valence-corrected chi connectivity index (χ1v) is 11.0. The smallest absolute Gasteiger partial charge is 0.251 e. The normalized spacial score (nSPS) is 18.1. The van der Waals surface area contributed by atoms with Gasteiger partial charge in [-0.15, -0.1) is 0 Å². The van der Waals surface area contributed by atoms with Gasteiger partial charge in [0, 0.05) is 30.3 Å². The van der Waals surface area contributed by atoms with Crippen LogP contribution in [-0.4, -0.2) is 33.3 Å². The summed E-state index contributed by atoms with van der Waals surface area (Å²) in [5.41, 5.74) is 1.94. The van der Waals surface area contributed by atoms with Gasteiger partial charge >= 0.3 is 0 Å². The largest absolute Gasteiger partial charge is 0.351 e. The molecule has 0 aliphatic heterocycles. The first-order chi connectivity index (χ1) is 13.8. The van der Waals surface area contributed by atoms with Crippen molar-refractivity contribution in [2.75, 3.05) is 18.4 Å². The maximum absolute atomic E-state index is 12.3. The predicted molar refractivity (Wildman–Crippen MR) is 111 cm³/mol. The Kier molecular flexibility index (Phi) is 6.34. The van der Waals surface area contributed by atoms with E-state index in [9.17, 15) is 18.0 Å². The van der Waals surface area contributed by atoms with E-state index in [4.69, 9.17) is 0 Å². The average Bonchev–Trinajstić information content (AvgIpc) is 3.42. The van der Waals surface area contributed by atoms with Crippen molar-refractivity contribution < 1.29 is 18.0 Å². The Morgan fingerprint density at radius 3 is 2.41 bits per heavy atom. The highest BCUT2D eigenvalue weighted by Gasteiger charge is 2.39. The van der Waals surface area contributed by atoms with Crippen LogP contribution in [-0.2, 0) is 14.8 Å². The molecule has 0 heterocycles. The van der Waals surface area contributed by atoms with Crippen molar-refractivity contribution in [2.45, 2.75) is 25.2 Å². The minimum absolute atomic E-state index is 0.0272. The standard InChI is InChI=1S/C21H25N3O4S/c1-14-6-8-18(9-7-14)29(27,28)23-11-10-22-20(25)16-4-3-5-17(13-16)24-21(26)19-12-15(19)2/h3-9,13,15,19,23H,10-12H2,1-2H3,(H,22,25)(H,24,26). The maximum Gasteiger partial charge on any atom is 0.251 e. The van der Waals surface area contributed by atoms with Crippen LogP contribution in [0.2, 0.25) is 0 Å². The van der Waals surface area contributed by atoms with Gasteiger partial charge < -0.3 is 10.6 Å². The molecule has 0 saturated heterocycles. The van der Waals surface area contributed by atoms with Crippen molar-refractivity contribution in [1.82, 2.24) is 10.0 Å². The summed E-state index contributed by atoms with van der Waals surface area (Å²) in [6.45, 7) is 4.12. The second kappa shape index (κ2) is 8.75. The van der Waals surface area contributed by atoms with Crippen molar-refractivity contribution in [1.29, 1.82) is 0 Å². The highest BCUT2D eigenvalue weighted by molar-refractivity contribution is 7.89. The van der Waals surface area contributed by atoms with E-state index in [2.05, 4.69) is 15.4 Å². The third-order valence-corrected chi connectivity index (χ3v) is 6.35. The lowest BCUT2D eigenvalue weighted by Crippen LogP contribution is -2.34. The van der Waals surface area contributed by atoms with E-state index < -0.39 is 10.0 Å². The van der Waals surface area contributed by atoms with Gasteiger partial charge in [-0.3, -0.25) is 9.59 Å². The summed E-state index contributed by atoms with van der Waals surface area (Å²) in [7, 11) is -3.62. The van der Waals surface area contributed by atoms with Crippen LogP contribution in [0.3, 0.4) is 0 Å². The van der Waals surface area contributed by atoms with Crippen LogP contribution in [0.25, 0.3) is 0 Å². The minimum atomic E-state index is -3.62. The molecular weight excluding hydrogens is 390 g/mol. The zero-order chi connectivity index (χ0) is 21.0. The Bertz CT molecular complexity index is 1000. The number of anilines is 1. The molecule has 0 aromatic heterocycles. The van der Waals surface area contributed by atoms with Crippen molar-refractivity contribution in [3.63, 3.8) is 0 Å². The number of sulfonamides is 1. The van der Waals surface area contributed by atoms with Crippen LogP contribution >= 0.6 is 0 Å². The number of aryl methyl sites for hydroxylation is 1. The Morgan fingerprint density at radius 2 is 1.76 bits per heavy atom. The van der Waals surface area contributed by atoms with Gasteiger partial charge in [-0.05, 0) is 49.6 Å². The van der Waals surface area contributed by atoms with Gasteiger partial charge in [-0.25, -0.2) is 13.1 Å². The molecule has 2 aromatic rings. The minimum Gasteiger partial charge on any atom is -0.351 e. The summed E-state index contributed by atoms with van der Waals surface area (Å²) in [6, 6.07) is 13.2. The molecule has 1 fully saturated rings. The Labute approximate surface area is 171 Å². The van der Waals surface area contributed by atoms with Crippen LogP contribution < -0.4 is 15.4 Å². The van der Waals surface area contributed by atoms with Gasteiger partial charge in [-0.1, -0.05) is 30.7 Å². The van der Waals surface area contributed by atoms with Gasteiger partial charge in [-0.2, -0.15) is 0 Å². The summed E-state index contributed by atoms with van der Waals surface area (Å²) in [4.78, 5) is 24.5. The number of benzene rings is 2. The highest BCUT2D eigenvalue weighted by atomic mass is 32.2. The Balaban J connectivity index is 1.48. The highest BCUT2D eigenvalue weighted by Crippen LogP contribution is 2.38.